The van der Waals surface area contributed by atoms with E-state index in [9.17, 15) is 9.59 Å². The van der Waals surface area contributed by atoms with Crippen LogP contribution in [-0.2, 0) is 4.79 Å². The van der Waals surface area contributed by atoms with Crippen LogP contribution in [0, 0.1) is 5.92 Å². The Morgan fingerprint density at radius 3 is 2.39 bits per heavy atom. The van der Waals surface area contributed by atoms with Crippen molar-refractivity contribution in [2.45, 2.75) is 12.8 Å². The third kappa shape index (κ3) is 2.61. The third-order valence-electron chi connectivity index (χ3n) is 3.25. The summed E-state index contributed by atoms with van der Waals surface area (Å²) in [5, 5.41) is 17.8. The van der Waals surface area contributed by atoms with Gasteiger partial charge in [0, 0.05) is 18.8 Å². The molecule has 1 aromatic rings. The fraction of sp³-hybridized carbons (Fsp3) is 0.385. The standard InChI is InChI=1S/C13H15NO4/c15-12(16)9-3-5-11(6-4-9)14-7-1-2-10(8-14)13(17)18/h3-6,10H,1-2,7-8H2,(H,15,16)(H,17,18)/t10-/m0/s1. The summed E-state index contributed by atoms with van der Waals surface area (Å²) in [7, 11) is 0. The normalized spacial score (nSPS) is 19.6. The van der Waals surface area contributed by atoms with E-state index in [2.05, 4.69) is 0 Å². The van der Waals surface area contributed by atoms with Gasteiger partial charge in [0.2, 0.25) is 0 Å². The molecule has 0 radical (unpaired) electrons. The van der Waals surface area contributed by atoms with E-state index in [4.69, 9.17) is 10.2 Å². The Hall–Kier alpha value is -2.04. The van der Waals surface area contributed by atoms with Gasteiger partial charge in [-0.15, -0.1) is 0 Å². The van der Waals surface area contributed by atoms with Crippen LogP contribution >= 0.6 is 0 Å². The van der Waals surface area contributed by atoms with Crippen molar-refractivity contribution in [2.75, 3.05) is 18.0 Å². The highest BCUT2D eigenvalue weighted by molar-refractivity contribution is 5.88. The molecule has 1 aliphatic rings. The molecule has 0 aliphatic carbocycles. The Balaban J connectivity index is 2.11. The van der Waals surface area contributed by atoms with Gasteiger partial charge in [-0.25, -0.2) is 4.79 Å². The van der Waals surface area contributed by atoms with E-state index in [0.717, 1.165) is 18.7 Å². The topological polar surface area (TPSA) is 77.8 Å². The molecule has 1 saturated heterocycles. The number of rotatable bonds is 3. The SMILES string of the molecule is O=C(O)c1ccc(N2CCC[C@H](C(=O)O)C2)cc1. The molecule has 0 spiro atoms. The number of hydrogen-bond acceptors (Lipinski definition) is 3. The average molecular weight is 249 g/mol. The van der Waals surface area contributed by atoms with E-state index in [0.29, 0.717) is 13.0 Å². The first-order valence-corrected chi connectivity index (χ1v) is 5.89. The first-order valence-electron chi connectivity index (χ1n) is 5.89. The van der Waals surface area contributed by atoms with Gasteiger partial charge in [-0.3, -0.25) is 4.79 Å². The van der Waals surface area contributed by atoms with Gasteiger partial charge >= 0.3 is 11.9 Å². The smallest absolute Gasteiger partial charge is 0.335 e. The number of carboxylic acids is 2. The summed E-state index contributed by atoms with van der Waals surface area (Å²) in [5.74, 6) is -2.05. The minimum Gasteiger partial charge on any atom is -0.481 e. The van der Waals surface area contributed by atoms with Crippen LogP contribution in [0.15, 0.2) is 24.3 Å². The minimum absolute atomic E-state index is 0.241. The van der Waals surface area contributed by atoms with Crippen molar-refractivity contribution in [2.24, 2.45) is 5.92 Å². The van der Waals surface area contributed by atoms with Crippen LogP contribution in [0.25, 0.3) is 0 Å². The number of aromatic carboxylic acids is 1. The van der Waals surface area contributed by atoms with Gasteiger partial charge in [0.15, 0.2) is 0 Å². The van der Waals surface area contributed by atoms with Crippen molar-refractivity contribution in [3.8, 4) is 0 Å². The van der Waals surface area contributed by atoms with Crippen LogP contribution in [0.4, 0.5) is 5.69 Å². The number of carboxylic acid groups (broad SMARTS) is 2. The zero-order valence-electron chi connectivity index (χ0n) is 9.87. The van der Waals surface area contributed by atoms with Crippen LogP contribution in [-0.4, -0.2) is 35.2 Å². The fourth-order valence-electron chi connectivity index (χ4n) is 2.23. The molecule has 1 aliphatic heterocycles. The Labute approximate surface area is 105 Å². The molecular formula is C13H15NO4. The van der Waals surface area contributed by atoms with Gasteiger partial charge in [0.05, 0.1) is 11.5 Å². The fourth-order valence-corrected chi connectivity index (χ4v) is 2.23. The van der Waals surface area contributed by atoms with Crippen molar-refractivity contribution in [1.82, 2.24) is 0 Å². The van der Waals surface area contributed by atoms with Crippen LogP contribution < -0.4 is 4.90 Å². The highest BCUT2D eigenvalue weighted by Crippen LogP contribution is 2.23. The molecule has 1 fully saturated rings. The molecule has 96 valence electrons. The number of aliphatic carboxylic acids is 1. The number of carbonyl (C=O) groups is 2. The summed E-state index contributed by atoms with van der Waals surface area (Å²) >= 11 is 0. The number of nitrogens with zero attached hydrogens (tertiary/aromatic N) is 1. The van der Waals surface area contributed by atoms with Crippen molar-refractivity contribution >= 4 is 17.6 Å². The van der Waals surface area contributed by atoms with E-state index in [1.807, 2.05) is 4.90 Å². The maximum Gasteiger partial charge on any atom is 0.335 e. The molecule has 0 bridgehead atoms. The molecule has 5 heteroatoms. The van der Waals surface area contributed by atoms with Gasteiger partial charge < -0.3 is 15.1 Å². The highest BCUT2D eigenvalue weighted by atomic mass is 16.4. The predicted molar refractivity (Wildman–Crippen MR) is 66.0 cm³/mol. The van der Waals surface area contributed by atoms with Gasteiger partial charge in [0.25, 0.3) is 0 Å². The summed E-state index contributed by atoms with van der Waals surface area (Å²) in [6, 6.07) is 6.55. The molecule has 0 saturated carbocycles. The summed E-state index contributed by atoms with van der Waals surface area (Å²) in [4.78, 5) is 23.7. The summed E-state index contributed by atoms with van der Waals surface area (Å²) < 4.78 is 0. The zero-order valence-corrected chi connectivity index (χ0v) is 9.87. The molecular weight excluding hydrogens is 234 g/mol. The molecule has 0 unspecified atom stereocenters. The van der Waals surface area contributed by atoms with E-state index in [1.165, 1.54) is 0 Å². The number of hydrogen-bond donors (Lipinski definition) is 2. The van der Waals surface area contributed by atoms with Gasteiger partial charge in [-0.1, -0.05) is 0 Å². The van der Waals surface area contributed by atoms with Crippen LogP contribution in [0.3, 0.4) is 0 Å². The molecule has 2 rings (SSSR count). The number of benzene rings is 1. The lowest BCUT2D eigenvalue weighted by Crippen LogP contribution is -2.38. The quantitative estimate of drug-likeness (QED) is 0.852. The predicted octanol–water partition coefficient (Wildman–Crippen LogP) is 1.69. The Bertz CT molecular complexity index is 455. The van der Waals surface area contributed by atoms with Gasteiger partial charge in [-0.2, -0.15) is 0 Å². The third-order valence-corrected chi connectivity index (χ3v) is 3.25. The van der Waals surface area contributed by atoms with E-state index >= 15 is 0 Å². The number of piperidine rings is 1. The van der Waals surface area contributed by atoms with Gasteiger partial charge in [-0.05, 0) is 37.1 Å². The van der Waals surface area contributed by atoms with Crippen LogP contribution in [0.1, 0.15) is 23.2 Å². The Kier molecular flexibility index (Phi) is 3.50. The van der Waals surface area contributed by atoms with Gasteiger partial charge in [0.1, 0.15) is 0 Å². The molecule has 2 N–H and O–H groups in total. The second-order valence-corrected chi connectivity index (χ2v) is 4.48. The lowest BCUT2D eigenvalue weighted by Gasteiger charge is -2.32. The second kappa shape index (κ2) is 5.08. The van der Waals surface area contributed by atoms with E-state index < -0.39 is 11.9 Å². The molecule has 0 aromatic heterocycles. The molecule has 18 heavy (non-hydrogen) atoms. The molecule has 5 nitrogen and oxygen atoms in total. The zero-order chi connectivity index (χ0) is 13.1. The van der Waals surface area contributed by atoms with Crippen molar-refractivity contribution < 1.29 is 19.8 Å². The number of anilines is 1. The lowest BCUT2D eigenvalue weighted by atomic mass is 9.97. The molecule has 1 heterocycles. The second-order valence-electron chi connectivity index (χ2n) is 4.48. The highest BCUT2D eigenvalue weighted by Gasteiger charge is 2.25. The van der Waals surface area contributed by atoms with E-state index in [1.54, 1.807) is 24.3 Å². The largest absolute Gasteiger partial charge is 0.481 e. The first kappa shape index (κ1) is 12.4. The lowest BCUT2D eigenvalue weighted by molar-refractivity contribution is -0.141. The van der Waals surface area contributed by atoms with Crippen LogP contribution in [0.5, 0.6) is 0 Å². The maximum atomic E-state index is 11.0. The maximum absolute atomic E-state index is 11.0. The molecule has 1 atom stereocenters. The van der Waals surface area contributed by atoms with Crippen molar-refractivity contribution in [3.63, 3.8) is 0 Å². The van der Waals surface area contributed by atoms with Crippen molar-refractivity contribution in [3.05, 3.63) is 29.8 Å². The van der Waals surface area contributed by atoms with Crippen molar-refractivity contribution in [1.29, 1.82) is 0 Å². The minimum atomic E-state index is -0.955. The first-order chi connectivity index (χ1) is 8.58. The summed E-state index contributed by atoms with van der Waals surface area (Å²) in [6.45, 7) is 1.30. The Morgan fingerprint density at radius 1 is 1.17 bits per heavy atom. The Morgan fingerprint density at radius 2 is 1.83 bits per heavy atom. The molecule has 0 amide bonds. The van der Waals surface area contributed by atoms with Crippen LogP contribution in [0.2, 0.25) is 0 Å². The monoisotopic (exact) mass is 249 g/mol. The average Bonchev–Trinajstić information content (AvgIpc) is 2.39. The summed E-state index contributed by atoms with van der Waals surface area (Å²) in [5.41, 5.74) is 1.12. The van der Waals surface area contributed by atoms with E-state index in [-0.39, 0.29) is 11.5 Å². The molecule has 1 aromatic carbocycles. The summed E-state index contributed by atoms with van der Waals surface area (Å²) in [6.07, 6.45) is 1.55.